The molecule has 0 saturated carbocycles. The molecule has 14 heteroatoms. The van der Waals surface area contributed by atoms with Gasteiger partial charge in [-0.3, -0.25) is 14.4 Å². The number of carbonyl (C=O) groups excluding carboxylic acids is 3. The van der Waals surface area contributed by atoms with Crippen molar-refractivity contribution in [2.45, 2.75) is 37.0 Å². The molecule has 0 radical (unpaired) electrons. The number of carboxylic acids is 1. The van der Waals surface area contributed by atoms with Gasteiger partial charge in [0.05, 0.1) is 19.5 Å². The van der Waals surface area contributed by atoms with E-state index in [9.17, 15) is 29.4 Å². The number of hydrogen-bond acceptors (Lipinski definition) is 8. The van der Waals surface area contributed by atoms with Gasteiger partial charge in [0.25, 0.3) is 0 Å². The maximum atomic E-state index is 13.2. The Morgan fingerprint density at radius 1 is 0.892 bits per heavy atom. The minimum absolute atomic E-state index is 0.0236. The van der Waals surface area contributed by atoms with Crippen molar-refractivity contribution in [1.82, 2.24) is 30.9 Å². The number of carboxylic acid groups (broad SMARTS) is 1. The summed E-state index contributed by atoms with van der Waals surface area (Å²) in [6.07, 6.45) is 4.36. The van der Waals surface area contributed by atoms with E-state index < -0.39 is 61.1 Å². The van der Waals surface area contributed by atoms with Gasteiger partial charge in [0.15, 0.2) is 0 Å². The molecule has 198 valence electrons. The molecular formula is C23H29N7O7. The van der Waals surface area contributed by atoms with Crippen LogP contribution in [-0.4, -0.2) is 91.3 Å². The van der Waals surface area contributed by atoms with Crippen molar-refractivity contribution < 1.29 is 34.5 Å². The number of aromatic amines is 2. The molecule has 0 aliphatic heterocycles. The summed E-state index contributed by atoms with van der Waals surface area (Å²) in [5, 5.41) is 36.2. The molecule has 3 amide bonds. The first-order valence-electron chi connectivity index (χ1n) is 11.4. The smallest absolute Gasteiger partial charge is 0.326 e. The number of carbonyl (C=O) groups is 4. The number of imidazole rings is 1. The largest absolute Gasteiger partial charge is 0.480 e. The summed E-state index contributed by atoms with van der Waals surface area (Å²) in [6.45, 7) is -1.49. The van der Waals surface area contributed by atoms with Crippen LogP contribution in [0.1, 0.15) is 11.3 Å². The van der Waals surface area contributed by atoms with Crippen LogP contribution in [0.2, 0.25) is 0 Å². The fourth-order valence-corrected chi connectivity index (χ4v) is 3.65. The van der Waals surface area contributed by atoms with E-state index in [0.29, 0.717) is 11.3 Å². The summed E-state index contributed by atoms with van der Waals surface area (Å²) >= 11 is 0. The summed E-state index contributed by atoms with van der Waals surface area (Å²) in [6, 6.07) is 1.94. The lowest BCUT2D eigenvalue weighted by Crippen LogP contribution is -2.59. The second-order valence-electron chi connectivity index (χ2n) is 8.34. The molecule has 10 N–H and O–H groups in total. The molecule has 4 unspecified atom stereocenters. The van der Waals surface area contributed by atoms with E-state index in [0.717, 1.165) is 10.9 Å². The van der Waals surface area contributed by atoms with Crippen molar-refractivity contribution >= 4 is 34.6 Å². The monoisotopic (exact) mass is 515 g/mol. The van der Waals surface area contributed by atoms with E-state index in [1.54, 1.807) is 6.20 Å². The maximum Gasteiger partial charge on any atom is 0.326 e. The zero-order chi connectivity index (χ0) is 26.9. The molecule has 4 atom stereocenters. The molecule has 14 nitrogen and oxygen atoms in total. The molecule has 3 rings (SSSR count). The fourth-order valence-electron chi connectivity index (χ4n) is 3.65. The summed E-state index contributed by atoms with van der Waals surface area (Å²) in [7, 11) is 0. The van der Waals surface area contributed by atoms with Gasteiger partial charge in [0.2, 0.25) is 17.7 Å². The number of rotatable bonds is 13. The second-order valence-corrected chi connectivity index (χ2v) is 8.34. The number of hydrogen-bond donors (Lipinski definition) is 9. The highest BCUT2D eigenvalue weighted by Gasteiger charge is 2.31. The van der Waals surface area contributed by atoms with E-state index in [-0.39, 0.29) is 12.8 Å². The number of fused-ring (bicyclic) bond motifs is 1. The third kappa shape index (κ3) is 7.13. The molecule has 0 fully saturated rings. The Labute approximate surface area is 210 Å². The average Bonchev–Trinajstić information content (AvgIpc) is 3.55. The third-order valence-electron chi connectivity index (χ3n) is 5.67. The lowest BCUT2D eigenvalue weighted by molar-refractivity contribution is -0.142. The number of aliphatic hydroxyl groups excluding tert-OH is 2. The third-order valence-corrected chi connectivity index (χ3v) is 5.67. The standard InChI is InChI=1S/C23H29N7O7/c24-15(9-31)20(33)30-19(10-32)22(35)28-17(6-13-8-25-11-27-13)21(34)29-18(23(36)37)5-12-7-26-16-4-2-1-3-14(12)16/h1-4,7-8,11,15,17-19,26,31-32H,5-6,9-10,24H2,(H,25,27)(H,28,35)(H,29,34)(H,30,33)(H,36,37). The van der Waals surface area contributed by atoms with Crippen LogP contribution in [0.15, 0.2) is 43.0 Å². The van der Waals surface area contributed by atoms with E-state index in [1.807, 2.05) is 24.3 Å². The van der Waals surface area contributed by atoms with Crippen LogP contribution < -0.4 is 21.7 Å². The van der Waals surface area contributed by atoms with Crippen molar-refractivity contribution in [1.29, 1.82) is 0 Å². The molecule has 0 aliphatic carbocycles. The maximum absolute atomic E-state index is 13.2. The summed E-state index contributed by atoms with van der Waals surface area (Å²) < 4.78 is 0. The van der Waals surface area contributed by atoms with E-state index in [1.165, 1.54) is 12.5 Å². The Kier molecular flexibility index (Phi) is 9.32. The van der Waals surface area contributed by atoms with E-state index >= 15 is 0 Å². The Morgan fingerprint density at radius 2 is 1.57 bits per heavy atom. The van der Waals surface area contributed by atoms with Gasteiger partial charge in [0, 0.05) is 41.8 Å². The van der Waals surface area contributed by atoms with Gasteiger partial charge >= 0.3 is 5.97 Å². The number of nitrogens with one attached hydrogen (secondary N) is 5. The topological polar surface area (TPSA) is 236 Å². The normalized spacial score (nSPS) is 14.4. The molecule has 0 spiro atoms. The van der Waals surface area contributed by atoms with Crippen molar-refractivity contribution in [2.24, 2.45) is 5.73 Å². The first kappa shape index (κ1) is 27.3. The SMILES string of the molecule is NC(CO)C(=O)NC(CO)C(=O)NC(Cc1cnc[nH]1)C(=O)NC(Cc1c[nH]c2ccccc12)C(=O)O. The summed E-state index contributed by atoms with van der Waals surface area (Å²) in [5.41, 5.74) is 7.39. The molecule has 1 aromatic carbocycles. The Hall–Kier alpha value is -4.27. The predicted molar refractivity (Wildman–Crippen MR) is 130 cm³/mol. The number of benzene rings is 1. The van der Waals surface area contributed by atoms with Gasteiger partial charge in [-0.25, -0.2) is 9.78 Å². The quantitative estimate of drug-likeness (QED) is 0.117. The second kappa shape index (κ2) is 12.6. The highest BCUT2D eigenvalue weighted by molar-refractivity contribution is 5.94. The number of aliphatic hydroxyl groups is 2. The van der Waals surface area contributed by atoms with Crippen LogP contribution in [0, 0.1) is 0 Å². The minimum Gasteiger partial charge on any atom is -0.480 e. The highest BCUT2D eigenvalue weighted by atomic mass is 16.4. The zero-order valence-corrected chi connectivity index (χ0v) is 19.7. The fraction of sp³-hybridized carbons (Fsp3) is 0.348. The van der Waals surface area contributed by atoms with Gasteiger partial charge in [-0.05, 0) is 11.6 Å². The van der Waals surface area contributed by atoms with Gasteiger partial charge in [0.1, 0.15) is 24.2 Å². The number of aliphatic carboxylic acids is 1. The van der Waals surface area contributed by atoms with Crippen LogP contribution in [0.3, 0.4) is 0 Å². The average molecular weight is 516 g/mol. The molecule has 0 saturated heterocycles. The Morgan fingerprint density at radius 3 is 2.22 bits per heavy atom. The van der Waals surface area contributed by atoms with E-state index in [2.05, 4.69) is 30.9 Å². The number of amides is 3. The zero-order valence-electron chi connectivity index (χ0n) is 19.7. The van der Waals surface area contributed by atoms with Crippen LogP contribution in [-0.2, 0) is 32.0 Å². The number of aromatic nitrogens is 3. The Balaban J connectivity index is 1.75. The highest BCUT2D eigenvalue weighted by Crippen LogP contribution is 2.19. The molecule has 0 aliphatic rings. The van der Waals surface area contributed by atoms with Gasteiger partial charge in [-0.1, -0.05) is 18.2 Å². The van der Waals surface area contributed by atoms with Crippen LogP contribution >= 0.6 is 0 Å². The molecule has 3 aromatic rings. The number of nitrogens with two attached hydrogens (primary N) is 1. The molecule has 0 bridgehead atoms. The van der Waals surface area contributed by atoms with E-state index in [4.69, 9.17) is 10.8 Å². The predicted octanol–water partition coefficient (Wildman–Crippen LogP) is -2.47. The first-order valence-corrected chi connectivity index (χ1v) is 11.4. The van der Waals surface area contributed by atoms with Crippen molar-refractivity contribution in [3.8, 4) is 0 Å². The van der Waals surface area contributed by atoms with Gasteiger partial charge in [-0.15, -0.1) is 0 Å². The molecular weight excluding hydrogens is 486 g/mol. The molecule has 37 heavy (non-hydrogen) atoms. The van der Waals surface area contributed by atoms with Crippen LogP contribution in [0.4, 0.5) is 0 Å². The number of nitrogens with zero attached hydrogens (tertiary/aromatic N) is 1. The lowest BCUT2D eigenvalue weighted by atomic mass is 10.0. The summed E-state index contributed by atoms with van der Waals surface area (Å²) in [5.74, 6) is -3.87. The Bertz CT molecular complexity index is 1230. The molecule has 2 aromatic heterocycles. The van der Waals surface area contributed by atoms with Gasteiger partial charge in [-0.2, -0.15) is 0 Å². The summed E-state index contributed by atoms with van der Waals surface area (Å²) in [4.78, 5) is 59.6. The number of H-pyrrole nitrogens is 2. The molecule has 2 heterocycles. The lowest BCUT2D eigenvalue weighted by Gasteiger charge is -2.24. The van der Waals surface area contributed by atoms with Crippen molar-refractivity contribution in [3.63, 3.8) is 0 Å². The van der Waals surface area contributed by atoms with Gasteiger partial charge < -0.3 is 47.0 Å². The van der Waals surface area contributed by atoms with Crippen molar-refractivity contribution in [2.75, 3.05) is 13.2 Å². The first-order chi connectivity index (χ1) is 17.7. The van der Waals surface area contributed by atoms with Crippen LogP contribution in [0.5, 0.6) is 0 Å². The number of para-hydroxylation sites is 1. The van der Waals surface area contributed by atoms with Crippen molar-refractivity contribution in [3.05, 3.63) is 54.2 Å². The van der Waals surface area contributed by atoms with Crippen LogP contribution in [0.25, 0.3) is 10.9 Å². The minimum atomic E-state index is -1.47.